The summed E-state index contributed by atoms with van der Waals surface area (Å²) in [6.07, 6.45) is 4.02. The van der Waals surface area contributed by atoms with Crippen molar-refractivity contribution in [1.82, 2.24) is 9.88 Å². The molecule has 0 unspecified atom stereocenters. The van der Waals surface area contributed by atoms with Gasteiger partial charge in [-0.3, -0.25) is 4.79 Å². The quantitative estimate of drug-likeness (QED) is 0.947. The molecule has 21 heavy (non-hydrogen) atoms. The van der Waals surface area contributed by atoms with Gasteiger partial charge in [0.25, 0.3) is 5.91 Å². The standard InChI is InChI=1S/C16H19N3OS/c1-17-15-10-12(6-7-18-15)13-4-2-8-19(11-13)16(20)14-5-3-9-21-14/h3,5-7,9-10,13H,2,4,8,11H2,1H3,(H,17,18)/t13-/m1/s1. The van der Waals surface area contributed by atoms with Crippen LogP contribution >= 0.6 is 11.3 Å². The van der Waals surface area contributed by atoms with Gasteiger partial charge in [0.1, 0.15) is 5.82 Å². The van der Waals surface area contributed by atoms with Crippen molar-refractivity contribution < 1.29 is 4.79 Å². The highest BCUT2D eigenvalue weighted by molar-refractivity contribution is 7.12. The van der Waals surface area contributed by atoms with Gasteiger partial charge in [-0.15, -0.1) is 11.3 Å². The molecule has 1 aliphatic heterocycles. The van der Waals surface area contributed by atoms with Gasteiger partial charge in [-0.2, -0.15) is 0 Å². The summed E-state index contributed by atoms with van der Waals surface area (Å²) >= 11 is 1.52. The number of pyridine rings is 1. The second kappa shape index (κ2) is 6.26. The maximum atomic E-state index is 12.5. The Kier molecular flexibility index (Phi) is 4.20. The minimum absolute atomic E-state index is 0.164. The first-order valence-corrected chi connectivity index (χ1v) is 8.12. The maximum Gasteiger partial charge on any atom is 0.263 e. The van der Waals surface area contributed by atoms with Crippen molar-refractivity contribution in [3.63, 3.8) is 0 Å². The molecule has 1 N–H and O–H groups in total. The monoisotopic (exact) mass is 301 g/mol. The number of hydrogen-bond acceptors (Lipinski definition) is 4. The summed E-state index contributed by atoms with van der Waals surface area (Å²) in [5.41, 5.74) is 1.26. The highest BCUT2D eigenvalue weighted by Gasteiger charge is 2.26. The smallest absolute Gasteiger partial charge is 0.263 e. The van der Waals surface area contributed by atoms with Crippen LogP contribution in [-0.4, -0.2) is 35.9 Å². The molecule has 0 aliphatic carbocycles. The molecule has 3 rings (SSSR count). The zero-order valence-corrected chi connectivity index (χ0v) is 12.9. The van der Waals surface area contributed by atoms with Crippen LogP contribution in [0, 0.1) is 0 Å². The van der Waals surface area contributed by atoms with Crippen LogP contribution < -0.4 is 5.32 Å². The number of carbonyl (C=O) groups excluding carboxylic acids is 1. The van der Waals surface area contributed by atoms with Gasteiger partial charge in [-0.05, 0) is 42.0 Å². The van der Waals surface area contributed by atoms with E-state index in [0.717, 1.165) is 36.6 Å². The Balaban J connectivity index is 1.75. The fraction of sp³-hybridized carbons (Fsp3) is 0.375. The molecule has 4 nitrogen and oxygen atoms in total. The number of nitrogens with zero attached hydrogens (tertiary/aromatic N) is 2. The van der Waals surface area contributed by atoms with Gasteiger partial charge in [0.05, 0.1) is 4.88 Å². The van der Waals surface area contributed by atoms with E-state index >= 15 is 0 Å². The minimum Gasteiger partial charge on any atom is -0.373 e. The average molecular weight is 301 g/mol. The normalized spacial score (nSPS) is 18.5. The Morgan fingerprint density at radius 2 is 2.38 bits per heavy atom. The first kappa shape index (κ1) is 14.1. The van der Waals surface area contributed by atoms with Gasteiger partial charge >= 0.3 is 0 Å². The summed E-state index contributed by atoms with van der Waals surface area (Å²) in [6, 6.07) is 7.98. The molecule has 0 radical (unpaired) electrons. The lowest BCUT2D eigenvalue weighted by Crippen LogP contribution is -2.38. The zero-order valence-electron chi connectivity index (χ0n) is 12.1. The van der Waals surface area contributed by atoms with Gasteiger partial charge in [0.2, 0.25) is 0 Å². The first-order chi connectivity index (χ1) is 10.3. The summed E-state index contributed by atoms with van der Waals surface area (Å²) in [5.74, 6) is 1.45. The lowest BCUT2D eigenvalue weighted by Gasteiger charge is -2.32. The van der Waals surface area contributed by atoms with E-state index in [4.69, 9.17) is 0 Å². The molecule has 0 aromatic carbocycles. The lowest BCUT2D eigenvalue weighted by atomic mass is 9.91. The number of piperidine rings is 1. The number of amides is 1. The van der Waals surface area contributed by atoms with Crippen LogP contribution in [-0.2, 0) is 0 Å². The molecular weight excluding hydrogens is 282 g/mol. The molecule has 2 aromatic rings. The fourth-order valence-corrected chi connectivity index (χ4v) is 3.52. The summed E-state index contributed by atoms with van der Waals surface area (Å²) in [5, 5.41) is 5.03. The number of likely N-dealkylation sites (tertiary alicyclic amines) is 1. The Labute approximate surface area is 128 Å². The molecule has 1 saturated heterocycles. The van der Waals surface area contributed by atoms with Gasteiger partial charge in [0.15, 0.2) is 0 Å². The van der Waals surface area contributed by atoms with E-state index in [0.29, 0.717) is 5.92 Å². The van der Waals surface area contributed by atoms with Crippen LogP contribution in [0.5, 0.6) is 0 Å². The summed E-state index contributed by atoms with van der Waals surface area (Å²) in [7, 11) is 1.87. The van der Waals surface area contributed by atoms with Crippen LogP contribution in [0.15, 0.2) is 35.8 Å². The number of anilines is 1. The predicted molar refractivity (Wildman–Crippen MR) is 86.0 cm³/mol. The van der Waals surface area contributed by atoms with Crippen molar-refractivity contribution in [3.8, 4) is 0 Å². The highest BCUT2D eigenvalue weighted by atomic mass is 32.1. The highest BCUT2D eigenvalue weighted by Crippen LogP contribution is 2.29. The number of aromatic nitrogens is 1. The fourth-order valence-electron chi connectivity index (χ4n) is 2.83. The van der Waals surface area contributed by atoms with E-state index in [9.17, 15) is 4.79 Å². The molecule has 1 amide bonds. The topological polar surface area (TPSA) is 45.2 Å². The van der Waals surface area contributed by atoms with Crippen molar-refractivity contribution >= 4 is 23.1 Å². The molecule has 2 aromatic heterocycles. The Morgan fingerprint density at radius 1 is 1.48 bits per heavy atom. The molecule has 0 saturated carbocycles. The van der Waals surface area contributed by atoms with Gasteiger partial charge < -0.3 is 10.2 Å². The molecule has 3 heterocycles. The second-order valence-corrected chi connectivity index (χ2v) is 6.24. The molecular formula is C16H19N3OS. The number of thiophene rings is 1. The van der Waals surface area contributed by atoms with Gasteiger partial charge in [-0.1, -0.05) is 6.07 Å². The second-order valence-electron chi connectivity index (χ2n) is 5.29. The largest absolute Gasteiger partial charge is 0.373 e. The number of rotatable bonds is 3. The van der Waals surface area contributed by atoms with Crippen LogP contribution in [0.1, 0.15) is 34.0 Å². The van der Waals surface area contributed by atoms with Crippen molar-refractivity contribution in [2.45, 2.75) is 18.8 Å². The van der Waals surface area contributed by atoms with Crippen LogP contribution in [0.25, 0.3) is 0 Å². The van der Waals surface area contributed by atoms with E-state index in [2.05, 4.69) is 22.4 Å². The van der Waals surface area contributed by atoms with E-state index in [1.165, 1.54) is 16.9 Å². The van der Waals surface area contributed by atoms with E-state index < -0.39 is 0 Å². The third kappa shape index (κ3) is 3.08. The third-order valence-corrected chi connectivity index (χ3v) is 4.81. The molecule has 0 bridgehead atoms. The molecule has 1 aliphatic rings. The zero-order chi connectivity index (χ0) is 14.7. The Bertz CT molecular complexity index is 612. The Morgan fingerprint density at radius 3 is 3.14 bits per heavy atom. The van der Waals surface area contributed by atoms with E-state index in [1.54, 1.807) is 0 Å². The minimum atomic E-state index is 0.164. The van der Waals surface area contributed by atoms with Crippen molar-refractivity contribution in [2.75, 3.05) is 25.5 Å². The Hall–Kier alpha value is -1.88. The maximum absolute atomic E-state index is 12.5. The van der Waals surface area contributed by atoms with Crippen LogP contribution in [0.4, 0.5) is 5.82 Å². The predicted octanol–water partition coefficient (Wildman–Crippen LogP) is 3.20. The molecule has 0 spiro atoms. The molecule has 110 valence electrons. The first-order valence-electron chi connectivity index (χ1n) is 7.24. The molecule has 1 atom stereocenters. The average Bonchev–Trinajstić information content (AvgIpc) is 3.09. The van der Waals surface area contributed by atoms with Crippen molar-refractivity contribution in [2.24, 2.45) is 0 Å². The van der Waals surface area contributed by atoms with Gasteiger partial charge in [0, 0.05) is 32.3 Å². The SMILES string of the molecule is CNc1cc([C@@H]2CCCN(C(=O)c3cccs3)C2)ccn1. The van der Waals surface area contributed by atoms with Crippen molar-refractivity contribution in [3.05, 3.63) is 46.3 Å². The summed E-state index contributed by atoms with van der Waals surface area (Å²) in [6.45, 7) is 1.65. The molecule has 1 fully saturated rings. The summed E-state index contributed by atoms with van der Waals surface area (Å²) in [4.78, 5) is 19.6. The number of carbonyl (C=O) groups is 1. The van der Waals surface area contributed by atoms with Crippen LogP contribution in [0.2, 0.25) is 0 Å². The number of nitrogens with one attached hydrogen (secondary N) is 1. The van der Waals surface area contributed by atoms with E-state index in [-0.39, 0.29) is 5.91 Å². The number of hydrogen-bond donors (Lipinski definition) is 1. The third-order valence-electron chi connectivity index (χ3n) is 3.95. The van der Waals surface area contributed by atoms with Crippen molar-refractivity contribution in [1.29, 1.82) is 0 Å². The molecule has 5 heteroatoms. The van der Waals surface area contributed by atoms with E-state index in [1.807, 2.05) is 35.7 Å². The summed E-state index contributed by atoms with van der Waals surface area (Å²) < 4.78 is 0. The van der Waals surface area contributed by atoms with Crippen LogP contribution in [0.3, 0.4) is 0 Å². The lowest BCUT2D eigenvalue weighted by molar-refractivity contribution is 0.0712. The van der Waals surface area contributed by atoms with Gasteiger partial charge in [-0.25, -0.2) is 4.98 Å².